The Balaban J connectivity index is 1.51. The van der Waals surface area contributed by atoms with Gasteiger partial charge in [-0.1, -0.05) is 119 Å². The topological polar surface area (TPSA) is 143 Å². The molecule has 0 bridgehead atoms. The summed E-state index contributed by atoms with van der Waals surface area (Å²) in [6, 6.07) is 14.7. The van der Waals surface area contributed by atoms with E-state index in [1.807, 2.05) is 24.3 Å². The first kappa shape index (κ1) is 52.0. The van der Waals surface area contributed by atoms with Gasteiger partial charge in [0.2, 0.25) is 5.96 Å². The average Bonchev–Trinajstić information content (AvgIpc) is 3.32. The fourth-order valence-corrected chi connectivity index (χ4v) is 8.06. The Morgan fingerprint density at radius 2 is 1.17 bits per heavy atom. The summed E-state index contributed by atoms with van der Waals surface area (Å²) in [5.74, 6) is 0.928. The standard InChI is InChI=1S/C52H82N6O6/c1-8-15-19-38(12-5)35-62-47(59)41-22-28-44(29-23-41)53-50-56-51(54-45-30-24-42(25-31-45)48(60)63-36-39(13-6)20-16-9-2)58(34-18-11-4)52(57-50)55-46-32-26-43(27-33-46)49(61)64-37-40(14-7)21-17-10-3/h22-25,28-32,38-40,43,50,52-53,55,57H,8-21,26-27,33-37H2,1-7H3,(H,54,56). The first-order valence-corrected chi connectivity index (χ1v) is 24.9. The Bertz CT molecular complexity index is 1730. The van der Waals surface area contributed by atoms with Gasteiger partial charge in [0.05, 0.1) is 36.9 Å². The van der Waals surface area contributed by atoms with Crippen molar-refractivity contribution in [2.24, 2.45) is 28.7 Å². The molecule has 2 aromatic rings. The molecule has 0 amide bonds. The molecule has 1 aliphatic heterocycles. The van der Waals surface area contributed by atoms with Crippen molar-refractivity contribution in [1.29, 1.82) is 0 Å². The van der Waals surface area contributed by atoms with Gasteiger partial charge in [-0.3, -0.25) is 4.79 Å². The number of nitrogens with zero attached hydrogens (tertiary/aromatic N) is 2. The van der Waals surface area contributed by atoms with Gasteiger partial charge in [-0.25, -0.2) is 19.9 Å². The number of aliphatic imine (C=N–C) groups is 1. The third-order valence-corrected chi connectivity index (χ3v) is 12.8. The zero-order valence-electron chi connectivity index (χ0n) is 40.4. The molecule has 12 heteroatoms. The van der Waals surface area contributed by atoms with Gasteiger partial charge in [-0.2, -0.15) is 0 Å². The molecule has 2 aliphatic rings. The van der Waals surface area contributed by atoms with Crippen molar-refractivity contribution in [2.75, 3.05) is 37.0 Å². The van der Waals surface area contributed by atoms with Crippen molar-refractivity contribution in [2.45, 2.75) is 170 Å². The monoisotopic (exact) mass is 887 g/mol. The Kier molecular flexibility index (Phi) is 23.6. The molecule has 1 aliphatic carbocycles. The summed E-state index contributed by atoms with van der Waals surface area (Å²) in [5.41, 5.74) is 3.64. The summed E-state index contributed by atoms with van der Waals surface area (Å²) < 4.78 is 17.3. The summed E-state index contributed by atoms with van der Waals surface area (Å²) in [6.45, 7) is 17.3. The second kappa shape index (κ2) is 29.1. The minimum Gasteiger partial charge on any atom is -0.465 e. The second-order valence-electron chi connectivity index (χ2n) is 17.8. The molecule has 2 aromatic carbocycles. The van der Waals surface area contributed by atoms with Crippen LogP contribution in [0.2, 0.25) is 0 Å². The summed E-state index contributed by atoms with van der Waals surface area (Å²) in [5, 5.41) is 14.5. The highest BCUT2D eigenvalue weighted by molar-refractivity contribution is 5.96. The maximum absolute atomic E-state index is 13.1. The zero-order chi connectivity index (χ0) is 46.1. The number of allylic oxidation sites excluding steroid dienone is 2. The lowest BCUT2D eigenvalue weighted by Gasteiger charge is -2.42. The smallest absolute Gasteiger partial charge is 0.338 e. The van der Waals surface area contributed by atoms with E-state index < -0.39 is 6.29 Å². The quantitative estimate of drug-likeness (QED) is 0.0458. The molecule has 12 nitrogen and oxygen atoms in total. The molecule has 1 heterocycles. The van der Waals surface area contributed by atoms with E-state index in [0.717, 1.165) is 113 Å². The minimum atomic E-state index is -0.556. The number of rotatable bonds is 29. The number of carbonyl (C=O) groups excluding carboxylic acids is 3. The summed E-state index contributed by atoms with van der Waals surface area (Å²) in [4.78, 5) is 46.5. The van der Waals surface area contributed by atoms with Crippen LogP contribution in [0.15, 0.2) is 65.3 Å². The van der Waals surface area contributed by atoms with E-state index in [1.165, 1.54) is 0 Å². The van der Waals surface area contributed by atoms with Crippen LogP contribution < -0.4 is 21.3 Å². The predicted octanol–water partition coefficient (Wildman–Crippen LogP) is 11.6. The van der Waals surface area contributed by atoms with Crippen LogP contribution in [0, 0.1) is 23.7 Å². The van der Waals surface area contributed by atoms with Crippen LogP contribution >= 0.6 is 0 Å². The lowest BCUT2D eigenvalue weighted by molar-refractivity contribution is -0.150. The van der Waals surface area contributed by atoms with Gasteiger partial charge < -0.3 is 35.1 Å². The molecule has 0 aromatic heterocycles. The molecule has 0 spiro atoms. The lowest BCUT2D eigenvalue weighted by Crippen LogP contribution is -2.65. The number of carbonyl (C=O) groups is 3. The number of benzene rings is 2. The molecule has 6 unspecified atom stereocenters. The second-order valence-corrected chi connectivity index (χ2v) is 17.8. The number of anilines is 2. The molecule has 64 heavy (non-hydrogen) atoms. The maximum atomic E-state index is 13.1. The normalized spacial score (nSPS) is 18.8. The van der Waals surface area contributed by atoms with Crippen molar-refractivity contribution in [3.8, 4) is 0 Å². The van der Waals surface area contributed by atoms with E-state index in [1.54, 1.807) is 24.3 Å². The van der Waals surface area contributed by atoms with Gasteiger partial charge in [0.25, 0.3) is 0 Å². The molecule has 4 rings (SSSR count). The Morgan fingerprint density at radius 3 is 1.64 bits per heavy atom. The molecular weight excluding hydrogens is 805 g/mol. The van der Waals surface area contributed by atoms with Crippen molar-refractivity contribution in [3.63, 3.8) is 0 Å². The van der Waals surface area contributed by atoms with Crippen LogP contribution in [-0.4, -0.2) is 67.7 Å². The van der Waals surface area contributed by atoms with Crippen molar-refractivity contribution < 1.29 is 28.6 Å². The highest BCUT2D eigenvalue weighted by Gasteiger charge is 2.32. The van der Waals surface area contributed by atoms with E-state index in [4.69, 9.17) is 19.2 Å². The summed E-state index contributed by atoms with van der Waals surface area (Å²) in [6.07, 6.45) is 18.2. The van der Waals surface area contributed by atoms with Gasteiger partial charge in [0.1, 0.15) is 0 Å². The van der Waals surface area contributed by atoms with Crippen LogP contribution in [0.3, 0.4) is 0 Å². The predicted molar refractivity (Wildman–Crippen MR) is 260 cm³/mol. The molecule has 0 radical (unpaired) electrons. The Morgan fingerprint density at radius 1 is 0.672 bits per heavy atom. The highest BCUT2D eigenvalue weighted by atomic mass is 16.5. The number of ether oxygens (including phenoxy) is 3. The minimum absolute atomic E-state index is 0.0960. The van der Waals surface area contributed by atoms with Crippen LogP contribution in [0.4, 0.5) is 11.4 Å². The van der Waals surface area contributed by atoms with Crippen LogP contribution in [0.1, 0.15) is 178 Å². The van der Waals surface area contributed by atoms with Crippen molar-refractivity contribution >= 4 is 35.2 Å². The fourth-order valence-electron chi connectivity index (χ4n) is 8.06. The fraction of sp³-hybridized carbons (Fsp3) is 0.654. The number of nitrogens with one attached hydrogen (secondary N) is 4. The Hall–Kier alpha value is -4.58. The molecule has 356 valence electrons. The largest absolute Gasteiger partial charge is 0.465 e. The van der Waals surface area contributed by atoms with Crippen molar-refractivity contribution in [1.82, 2.24) is 15.5 Å². The molecule has 0 saturated heterocycles. The van der Waals surface area contributed by atoms with Crippen LogP contribution in [0.5, 0.6) is 0 Å². The average molecular weight is 887 g/mol. The molecule has 0 saturated carbocycles. The van der Waals surface area contributed by atoms with E-state index >= 15 is 0 Å². The summed E-state index contributed by atoms with van der Waals surface area (Å²) >= 11 is 0. The van der Waals surface area contributed by atoms with Gasteiger partial charge in [0.15, 0.2) is 12.6 Å². The molecular formula is C52H82N6O6. The number of hydrogen-bond donors (Lipinski definition) is 4. The zero-order valence-corrected chi connectivity index (χ0v) is 40.4. The number of hydrogen-bond acceptors (Lipinski definition) is 12. The first-order valence-electron chi connectivity index (χ1n) is 24.9. The number of esters is 3. The van der Waals surface area contributed by atoms with Gasteiger partial charge >= 0.3 is 17.9 Å². The number of guanidine groups is 1. The molecule has 6 atom stereocenters. The van der Waals surface area contributed by atoms with E-state index in [9.17, 15) is 14.4 Å². The van der Waals surface area contributed by atoms with E-state index in [2.05, 4.69) is 80.7 Å². The number of unbranched alkanes of at least 4 members (excludes halogenated alkanes) is 4. The van der Waals surface area contributed by atoms with Gasteiger partial charge in [-0.15, -0.1) is 0 Å². The highest BCUT2D eigenvalue weighted by Crippen LogP contribution is 2.26. The molecule has 0 fully saturated rings. The van der Waals surface area contributed by atoms with Crippen LogP contribution in [0.25, 0.3) is 0 Å². The van der Waals surface area contributed by atoms with Gasteiger partial charge in [0, 0.05) is 23.6 Å². The van der Waals surface area contributed by atoms with E-state index in [0.29, 0.717) is 74.0 Å². The summed E-state index contributed by atoms with van der Waals surface area (Å²) in [7, 11) is 0. The third-order valence-electron chi connectivity index (χ3n) is 12.8. The lowest BCUT2D eigenvalue weighted by atomic mass is 9.92. The van der Waals surface area contributed by atoms with Crippen LogP contribution in [-0.2, 0) is 19.0 Å². The third kappa shape index (κ3) is 17.4. The van der Waals surface area contributed by atoms with E-state index in [-0.39, 0.29) is 30.1 Å². The first-order chi connectivity index (χ1) is 31.1. The molecule has 4 N–H and O–H groups in total. The maximum Gasteiger partial charge on any atom is 0.338 e. The Labute approximate surface area is 385 Å². The van der Waals surface area contributed by atoms with Gasteiger partial charge in [-0.05, 0) is 111 Å². The van der Waals surface area contributed by atoms with Crippen molar-refractivity contribution in [3.05, 3.63) is 71.4 Å². The SMILES string of the molecule is CCCCC(CC)COC(=O)c1ccc(NC2=NC(Nc3ccc(C(=O)OCC(CC)CCCC)cc3)NC(NC3=CCC(C(=O)OCC(CC)CCCC)CC3)N2CCCC)cc1.